The Morgan fingerprint density at radius 2 is 2.11 bits per heavy atom. The summed E-state index contributed by atoms with van der Waals surface area (Å²) in [5, 5.41) is 6.64. The van der Waals surface area contributed by atoms with Gasteiger partial charge in [0.25, 0.3) is 0 Å². The standard InChI is InChI=1S/C14H25N3O/c1-4-8-15-14(17-11-12(2)3)16-9-7-13-6-5-10-18-13/h5-6,10,12H,4,7-9,11H2,1-3H3,(H2,15,16,17). The molecule has 0 fully saturated rings. The normalized spacial score (nSPS) is 11.9. The van der Waals surface area contributed by atoms with E-state index in [2.05, 4.69) is 36.4 Å². The lowest BCUT2D eigenvalue weighted by Crippen LogP contribution is -2.39. The molecule has 0 aromatic carbocycles. The van der Waals surface area contributed by atoms with Crippen LogP contribution in [0.1, 0.15) is 33.0 Å². The van der Waals surface area contributed by atoms with Crippen LogP contribution in [0.25, 0.3) is 0 Å². The number of hydrogen-bond acceptors (Lipinski definition) is 2. The maximum absolute atomic E-state index is 5.29. The van der Waals surface area contributed by atoms with E-state index in [4.69, 9.17) is 4.42 Å². The average Bonchev–Trinajstić information content (AvgIpc) is 2.84. The zero-order valence-electron chi connectivity index (χ0n) is 11.7. The monoisotopic (exact) mass is 251 g/mol. The van der Waals surface area contributed by atoms with Gasteiger partial charge in [0, 0.05) is 26.1 Å². The Morgan fingerprint density at radius 3 is 2.72 bits per heavy atom. The minimum atomic E-state index is 0.579. The van der Waals surface area contributed by atoms with Gasteiger partial charge < -0.3 is 15.1 Å². The van der Waals surface area contributed by atoms with Crippen molar-refractivity contribution < 1.29 is 4.42 Å². The van der Waals surface area contributed by atoms with Crippen LogP contribution in [0.3, 0.4) is 0 Å². The van der Waals surface area contributed by atoms with Crippen LogP contribution in [-0.2, 0) is 6.42 Å². The van der Waals surface area contributed by atoms with Crippen LogP contribution in [0.2, 0.25) is 0 Å². The third-order valence-electron chi connectivity index (χ3n) is 2.40. The van der Waals surface area contributed by atoms with Gasteiger partial charge in [-0.05, 0) is 24.5 Å². The van der Waals surface area contributed by atoms with E-state index < -0.39 is 0 Å². The molecule has 1 aromatic rings. The second-order valence-electron chi connectivity index (χ2n) is 4.77. The van der Waals surface area contributed by atoms with Crippen LogP contribution in [0.15, 0.2) is 27.8 Å². The van der Waals surface area contributed by atoms with E-state index in [-0.39, 0.29) is 0 Å². The summed E-state index contributed by atoms with van der Waals surface area (Å²) in [6, 6.07) is 3.91. The first-order chi connectivity index (χ1) is 8.72. The maximum atomic E-state index is 5.29. The summed E-state index contributed by atoms with van der Waals surface area (Å²) >= 11 is 0. The highest BCUT2D eigenvalue weighted by Crippen LogP contribution is 1.99. The summed E-state index contributed by atoms with van der Waals surface area (Å²) in [5.74, 6) is 2.48. The molecule has 0 aliphatic heterocycles. The lowest BCUT2D eigenvalue weighted by molar-refractivity contribution is 0.506. The van der Waals surface area contributed by atoms with E-state index in [1.807, 2.05) is 12.1 Å². The Hall–Kier alpha value is -1.45. The molecule has 0 aliphatic rings. The second kappa shape index (κ2) is 8.61. The molecule has 0 bridgehead atoms. The number of rotatable bonds is 7. The first-order valence-electron chi connectivity index (χ1n) is 6.77. The summed E-state index contributed by atoms with van der Waals surface area (Å²) in [5.41, 5.74) is 0. The highest BCUT2D eigenvalue weighted by Gasteiger charge is 2.00. The highest BCUT2D eigenvalue weighted by atomic mass is 16.3. The van der Waals surface area contributed by atoms with Crippen molar-refractivity contribution >= 4 is 5.96 Å². The molecule has 0 unspecified atom stereocenters. The SMILES string of the molecule is CCCNC(=NCC(C)C)NCCc1ccco1. The van der Waals surface area contributed by atoms with Gasteiger partial charge in [-0.25, -0.2) is 0 Å². The number of furan rings is 1. The summed E-state index contributed by atoms with van der Waals surface area (Å²) in [4.78, 5) is 4.54. The molecule has 0 aliphatic carbocycles. The van der Waals surface area contributed by atoms with E-state index in [0.717, 1.165) is 44.2 Å². The van der Waals surface area contributed by atoms with Gasteiger partial charge in [-0.15, -0.1) is 0 Å². The molecule has 4 nitrogen and oxygen atoms in total. The molecule has 1 aromatic heterocycles. The quantitative estimate of drug-likeness (QED) is 0.578. The zero-order valence-corrected chi connectivity index (χ0v) is 11.7. The van der Waals surface area contributed by atoms with Crippen molar-refractivity contribution in [1.82, 2.24) is 10.6 Å². The van der Waals surface area contributed by atoms with Crippen molar-refractivity contribution in [3.8, 4) is 0 Å². The van der Waals surface area contributed by atoms with Crippen molar-refractivity contribution in [3.05, 3.63) is 24.2 Å². The number of nitrogens with one attached hydrogen (secondary N) is 2. The van der Waals surface area contributed by atoms with Crippen molar-refractivity contribution in [2.75, 3.05) is 19.6 Å². The fourth-order valence-electron chi connectivity index (χ4n) is 1.45. The van der Waals surface area contributed by atoms with E-state index >= 15 is 0 Å². The molecule has 0 amide bonds. The van der Waals surface area contributed by atoms with Gasteiger partial charge in [-0.3, -0.25) is 4.99 Å². The topological polar surface area (TPSA) is 49.6 Å². The van der Waals surface area contributed by atoms with Gasteiger partial charge in [0.05, 0.1) is 6.26 Å². The molecular formula is C14H25N3O. The molecule has 102 valence electrons. The fraction of sp³-hybridized carbons (Fsp3) is 0.643. The molecule has 4 heteroatoms. The molecule has 0 saturated carbocycles. The summed E-state index contributed by atoms with van der Waals surface area (Å²) in [6.45, 7) is 9.12. The number of aliphatic imine (C=N–C) groups is 1. The van der Waals surface area contributed by atoms with Crippen molar-refractivity contribution in [2.45, 2.75) is 33.6 Å². The van der Waals surface area contributed by atoms with Gasteiger partial charge in [-0.1, -0.05) is 20.8 Å². The van der Waals surface area contributed by atoms with Crippen molar-refractivity contribution in [1.29, 1.82) is 0 Å². The zero-order chi connectivity index (χ0) is 13.2. The molecule has 1 heterocycles. The Balaban J connectivity index is 2.32. The van der Waals surface area contributed by atoms with Crippen LogP contribution in [0.4, 0.5) is 0 Å². The predicted molar refractivity (Wildman–Crippen MR) is 75.8 cm³/mol. The van der Waals surface area contributed by atoms with E-state index in [0.29, 0.717) is 5.92 Å². The average molecular weight is 251 g/mol. The van der Waals surface area contributed by atoms with Crippen molar-refractivity contribution in [3.63, 3.8) is 0 Å². The molecular weight excluding hydrogens is 226 g/mol. The Kier molecular flexibility index (Phi) is 6.99. The summed E-state index contributed by atoms with van der Waals surface area (Å²) in [7, 11) is 0. The van der Waals surface area contributed by atoms with Crippen LogP contribution >= 0.6 is 0 Å². The van der Waals surface area contributed by atoms with Crippen LogP contribution in [0.5, 0.6) is 0 Å². The second-order valence-corrected chi connectivity index (χ2v) is 4.77. The van der Waals surface area contributed by atoms with Gasteiger partial charge >= 0.3 is 0 Å². The minimum Gasteiger partial charge on any atom is -0.469 e. The van der Waals surface area contributed by atoms with Crippen molar-refractivity contribution in [2.24, 2.45) is 10.9 Å². The van der Waals surface area contributed by atoms with E-state index in [1.54, 1.807) is 6.26 Å². The smallest absolute Gasteiger partial charge is 0.191 e. The summed E-state index contributed by atoms with van der Waals surface area (Å²) < 4.78 is 5.29. The molecule has 0 atom stereocenters. The fourth-order valence-corrected chi connectivity index (χ4v) is 1.45. The van der Waals surface area contributed by atoms with Gasteiger partial charge in [0.2, 0.25) is 0 Å². The molecule has 18 heavy (non-hydrogen) atoms. The molecule has 0 saturated heterocycles. The highest BCUT2D eigenvalue weighted by molar-refractivity contribution is 5.79. The predicted octanol–water partition coefficient (Wildman–Crippen LogP) is 2.42. The Bertz CT molecular complexity index is 331. The molecule has 1 rings (SSSR count). The Morgan fingerprint density at radius 1 is 1.33 bits per heavy atom. The number of nitrogens with zero attached hydrogens (tertiary/aromatic N) is 1. The van der Waals surface area contributed by atoms with Gasteiger partial charge in [-0.2, -0.15) is 0 Å². The summed E-state index contributed by atoms with van der Waals surface area (Å²) in [6.07, 6.45) is 3.68. The lowest BCUT2D eigenvalue weighted by Gasteiger charge is -2.12. The molecule has 0 radical (unpaired) electrons. The van der Waals surface area contributed by atoms with Gasteiger partial charge in [0.15, 0.2) is 5.96 Å². The Labute approximate surface area is 110 Å². The third-order valence-corrected chi connectivity index (χ3v) is 2.40. The first kappa shape index (κ1) is 14.6. The van der Waals surface area contributed by atoms with Crippen LogP contribution < -0.4 is 10.6 Å². The van der Waals surface area contributed by atoms with E-state index in [1.165, 1.54) is 0 Å². The lowest BCUT2D eigenvalue weighted by atomic mass is 10.2. The molecule has 0 spiro atoms. The van der Waals surface area contributed by atoms with E-state index in [9.17, 15) is 0 Å². The maximum Gasteiger partial charge on any atom is 0.191 e. The van der Waals surface area contributed by atoms with Crippen LogP contribution in [-0.4, -0.2) is 25.6 Å². The minimum absolute atomic E-state index is 0.579. The van der Waals surface area contributed by atoms with Gasteiger partial charge in [0.1, 0.15) is 5.76 Å². The first-order valence-corrected chi connectivity index (χ1v) is 6.77. The van der Waals surface area contributed by atoms with Crippen LogP contribution in [0, 0.1) is 5.92 Å². The number of hydrogen-bond donors (Lipinski definition) is 2. The number of guanidine groups is 1. The third kappa shape index (κ3) is 6.33. The molecule has 2 N–H and O–H groups in total. The largest absolute Gasteiger partial charge is 0.469 e.